The SMILES string of the molecule is CC1Cc2cc(S(=O)(=O)N3CC4CCC(N)C4C3)ccc2O1.Cl. The molecule has 0 aromatic heterocycles. The van der Waals surface area contributed by atoms with Crippen molar-refractivity contribution in [1.82, 2.24) is 4.31 Å². The van der Waals surface area contributed by atoms with Crippen molar-refractivity contribution in [2.45, 2.75) is 43.2 Å². The molecule has 1 saturated carbocycles. The molecule has 23 heavy (non-hydrogen) atoms. The lowest BCUT2D eigenvalue weighted by Gasteiger charge is -2.19. The first-order chi connectivity index (χ1) is 10.4. The summed E-state index contributed by atoms with van der Waals surface area (Å²) in [5, 5.41) is 0. The predicted octanol–water partition coefficient (Wildman–Crippen LogP) is 1.79. The Balaban J connectivity index is 0.00000156. The molecular formula is C16H23ClN2O3S. The first-order valence-electron chi connectivity index (χ1n) is 8.00. The van der Waals surface area contributed by atoms with Gasteiger partial charge in [0.05, 0.1) is 4.90 Å². The molecule has 4 rings (SSSR count). The molecule has 1 aliphatic carbocycles. The molecule has 2 aliphatic heterocycles. The number of nitrogens with zero attached hydrogens (tertiary/aromatic N) is 1. The van der Waals surface area contributed by atoms with Gasteiger partial charge in [-0.05, 0) is 55.4 Å². The van der Waals surface area contributed by atoms with E-state index in [1.165, 1.54) is 0 Å². The summed E-state index contributed by atoms with van der Waals surface area (Å²) < 4.78 is 33.1. The van der Waals surface area contributed by atoms with Crippen molar-refractivity contribution in [3.05, 3.63) is 23.8 Å². The molecule has 0 amide bonds. The van der Waals surface area contributed by atoms with Crippen molar-refractivity contribution in [3.8, 4) is 5.75 Å². The molecule has 128 valence electrons. The van der Waals surface area contributed by atoms with Gasteiger partial charge in [0.1, 0.15) is 11.9 Å². The van der Waals surface area contributed by atoms with Crippen LogP contribution in [0.2, 0.25) is 0 Å². The molecule has 2 fully saturated rings. The van der Waals surface area contributed by atoms with Crippen molar-refractivity contribution in [3.63, 3.8) is 0 Å². The molecule has 4 unspecified atom stereocenters. The van der Waals surface area contributed by atoms with Gasteiger partial charge in [-0.2, -0.15) is 4.31 Å². The smallest absolute Gasteiger partial charge is 0.243 e. The van der Waals surface area contributed by atoms with E-state index in [0.29, 0.717) is 29.8 Å². The summed E-state index contributed by atoms with van der Waals surface area (Å²) in [7, 11) is -3.42. The van der Waals surface area contributed by atoms with Crippen molar-refractivity contribution in [1.29, 1.82) is 0 Å². The Kier molecular flexibility index (Phi) is 4.38. The fourth-order valence-corrected chi connectivity index (χ4v) is 5.76. The Morgan fingerprint density at radius 2 is 2.04 bits per heavy atom. The molecule has 4 atom stereocenters. The zero-order chi connectivity index (χ0) is 15.5. The topological polar surface area (TPSA) is 72.6 Å². The van der Waals surface area contributed by atoms with E-state index in [0.717, 1.165) is 30.6 Å². The van der Waals surface area contributed by atoms with Gasteiger partial charge < -0.3 is 10.5 Å². The molecule has 1 saturated heterocycles. The quantitative estimate of drug-likeness (QED) is 0.874. The third-order valence-corrected chi connectivity index (χ3v) is 7.21. The number of nitrogens with two attached hydrogens (primary N) is 1. The summed E-state index contributed by atoms with van der Waals surface area (Å²) in [6, 6.07) is 5.39. The van der Waals surface area contributed by atoms with Crippen LogP contribution in [-0.2, 0) is 16.4 Å². The number of sulfonamides is 1. The van der Waals surface area contributed by atoms with Crippen LogP contribution in [0.15, 0.2) is 23.1 Å². The Morgan fingerprint density at radius 1 is 1.26 bits per heavy atom. The highest BCUT2D eigenvalue weighted by Gasteiger charge is 2.45. The molecule has 3 aliphatic rings. The lowest BCUT2D eigenvalue weighted by molar-refractivity contribution is 0.254. The molecular weight excluding hydrogens is 336 g/mol. The number of benzene rings is 1. The van der Waals surface area contributed by atoms with Gasteiger partial charge in [0, 0.05) is 25.6 Å². The third kappa shape index (κ3) is 2.76. The number of ether oxygens (including phenoxy) is 1. The Hall–Kier alpha value is -0.820. The highest BCUT2D eigenvalue weighted by atomic mass is 35.5. The van der Waals surface area contributed by atoms with E-state index in [9.17, 15) is 8.42 Å². The van der Waals surface area contributed by atoms with Crippen molar-refractivity contribution in [2.75, 3.05) is 13.1 Å². The Labute approximate surface area is 143 Å². The van der Waals surface area contributed by atoms with Crippen LogP contribution in [0.5, 0.6) is 5.75 Å². The summed E-state index contributed by atoms with van der Waals surface area (Å²) in [4.78, 5) is 0.387. The van der Waals surface area contributed by atoms with Gasteiger partial charge in [0.2, 0.25) is 10.0 Å². The average molecular weight is 359 g/mol. The zero-order valence-electron chi connectivity index (χ0n) is 13.1. The van der Waals surface area contributed by atoms with Crippen LogP contribution < -0.4 is 10.5 Å². The van der Waals surface area contributed by atoms with Crippen LogP contribution in [0, 0.1) is 11.8 Å². The maximum atomic E-state index is 12.9. The van der Waals surface area contributed by atoms with Crippen LogP contribution in [0.4, 0.5) is 0 Å². The number of hydrogen-bond acceptors (Lipinski definition) is 4. The van der Waals surface area contributed by atoms with Gasteiger partial charge in [0.15, 0.2) is 0 Å². The van der Waals surface area contributed by atoms with Gasteiger partial charge in [-0.15, -0.1) is 12.4 Å². The van der Waals surface area contributed by atoms with E-state index < -0.39 is 10.0 Å². The van der Waals surface area contributed by atoms with E-state index in [1.807, 2.05) is 6.92 Å². The van der Waals surface area contributed by atoms with Gasteiger partial charge in [-0.3, -0.25) is 0 Å². The molecule has 2 heterocycles. The Bertz CT molecular complexity index is 709. The molecule has 0 bridgehead atoms. The minimum atomic E-state index is -3.42. The number of halogens is 1. The largest absolute Gasteiger partial charge is 0.490 e. The van der Waals surface area contributed by atoms with Crippen molar-refractivity contribution < 1.29 is 13.2 Å². The van der Waals surface area contributed by atoms with Crippen LogP contribution in [0.3, 0.4) is 0 Å². The summed E-state index contributed by atoms with van der Waals surface area (Å²) in [5.74, 6) is 1.57. The monoisotopic (exact) mass is 358 g/mol. The van der Waals surface area contributed by atoms with Gasteiger partial charge >= 0.3 is 0 Å². The third-order valence-electron chi connectivity index (χ3n) is 5.38. The summed E-state index contributed by atoms with van der Waals surface area (Å²) >= 11 is 0. The minimum absolute atomic E-state index is 0. The highest BCUT2D eigenvalue weighted by Crippen LogP contribution is 2.40. The first-order valence-corrected chi connectivity index (χ1v) is 9.44. The fourth-order valence-electron chi connectivity index (χ4n) is 4.17. The zero-order valence-corrected chi connectivity index (χ0v) is 14.8. The summed E-state index contributed by atoms with van der Waals surface area (Å²) in [5.41, 5.74) is 7.11. The van der Waals surface area contributed by atoms with E-state index in [2.05, 4.69) is 0 Å². The van der Waals surface area contributed by atoms with Crippen LogP contribution in [0.1, 0.15) is 25.3 Å². The fraction of sp³-hybridized carbons (Fsp3) is 0.625. The van der Waals surface area contributed by atoms with E-state index in [-0.39, 0.29) is 24.6 Å². The van der Waals surface area contributed by atoms with E-state index in [1.54, 1.807) is 22.5 Å². The van der Waals surface area contributed by atoms with E-state index >= 15 is 0 Å². The molecule has 0 spiro atoms. The predicted molar refractivity (Wildman–Crippen MR) is 90.4 cm³/mol. The van der Waals surface area contributed by atoms with Gasteiger partial charge in [-0.25, -0.2) is 8.42 Å². The minimum Gasteiger partial charge on any atom is -0.490 e. The highest BCUT2D eigenvalue weighted by molar-refractivity contribution is 7.89. The second kappa shape index (κ2) is 5.92. The number of fused-ring (bicyclic) bond motifs is 2. The van der Waals surface area contributed by atoms with Crippen molar-refractivity contribution in [2.24, 2.45) is 17.6 Å². The molecule has 1 aromatic carbocycles. The maximum Gasteiger partial charge on any atom is 0.243 e. The Morgan fingerprint density at radius 3 is 2.78 bits per heavy atom. The lowest BCUT2D eigenvalue weighted by atomic mass is 9.98. The average Bonchev–Trinajstić information content (AvgIpc) is 3.13. The number of rotatable bonds is 2. The second-order valence-corrected chi connectivity index (χ2v) is 8.83. The molecule has 1 aromatic rings. The van der Waals surface area contributed by atoms with Crippen LogP contribution >= 0.6 is 12.4 Å². The maximum absolute atomic E-state index is 12.9. The summed E-state index contributed by atoms with van der Waals surface area (Å²) in [6.07, 6.45) is 2.97. The summed E-state index contributed by atoms with van der Waals surface area (Å²) in [6.45, 7) is 3.18. The normalized spacial score (nSPS) is 33.0. The first kappa shape index (κ1) is 17.0. The molecule has 0 radical (unpaired) electrons. The van der Waals surface area contributed by atoms with Gasteiger partial charge in [-0.1, -0.05) is 0 Å². The van der Waals surface area contributed by atoms with Gasteiger partial charge in [0.25, 0.3) is 0 Å². The number of hydrogen-bond donors (Lipinski definition) is 1. The second-order valence-electron chi connectivity index (χ2n) is 6.89. The standard InChI is InChI=1S/C16H22N2O3S.ClH/c1-10-6-12-7-13(3-5-16(12)21-10)22(19,20)18-8-11-2-4-15(17)14(11)9-18;/h3,5,7,10-11,14-15H,2,4,6,8-9,17H2,1H3;1H. The van der Waals surface area contributed by atoms with Crippen LogP contribution in [-0.4, -0.2) is 38.0 Å². The van der Waals surface area contributed by atoms with E-state index in [4.69, 9.17) is 10.5 Å². The molecule has 7 heteroatoms. The lowest BCUT2D eigenvalue weighted by Crippen LogP contribution is -2.33. The molecule has 2 N–H and O–H groups in total. The van der Waals surface area contributed by atoms with Crippen molar-refractivity contribution >= 4 is 22.4 Å². The van der Waals surface area contributed by atoms with Crippen LogP contribution in [0.25, 0.3) is 0 Å². The molecule has 5 nitrogen and oxygen atoms in total.